The summed E-state index contributed by atoms with van der Waals surface area (Å²) in [5.74, 6) is 0.0479. The molecule has 0 aliphatic carbocycles. The Morgan fingerprint density at radius 3 is 2.96 bits per heavy atom. The number of amides is 1. The van der Waals surface area contributed by atoms with Gasteiger partial charge in [0.1, 0.15) is 5.01 Å². The van der Waals surface area contributed by atoms with Crippen molar-refractivity contribution in [2.75, 3.05) is 18.4 Å². The minimum Gasteiger partial charge on any atom is -0.325 e. The highest BCUT2D eigenvalue weighted by Gasteiger charge is 2.30. The lowest BCUT2D eigenvalue weighted by atomic mass is 10.1. The lowest BCUT2D eigenvalue weighted by molar-refractivity contribution is -0.117. The molecule has 1 saturated heterocycles. The minimum absolute atomic E-state index is 0.0479. The zero-order chi connectivity index (χ0) is 18.1. The van der Waals surface area contributed by atoms with E-state index in [2.05, 4.69) is 28.4 Å². The summed E-state index contributed by atoms with van der Waals surface area (Å²) in [7, 11) is 0. The average molecular weight is 366 g/mol. The number of para-hydroxylation sites is 1. The van der Waals surface area contributed by atoms with Crippen molar-refractivity contribution >= 4 is 33.1 Å². The summed E-state index contributed by atoms with van der Waals surface area (Å²) < 4.78 is 1.22. The number of thiazole rings is 1. The maximum absolute atomic E-state index is 12.6. The maximum atomic E-state index is 12.6. The summed E-state index contributed by atoms with van der Waals surface area (Å²) in [5, 5.41) is 4.21. The van der Waals surface area contributed by atoms with Gasteiger partial charge in [0.2, 0.25) is 5.91 Å². The van der Waals surface area contributed by atoms with Crippen LogP contribution in [0.25, 0.3) is 10.2 Å². The van der Waals surface area contributed by atoms with Gasteiger partial charge in [-0.15, -0.1) is 11.3 Å². The molecule has 1 N–H and O–H groups in total. The Balaban J connectivity index is 1.48. The number of aryl methyl sites for hydroxylation is 2. The van der Waals surface area contributed by atoms with E-state index < -0.39 is 0 Å². The monoisotopic (exact) mass is 365 g/mol. The predicted molar refractivity (Wildman–Crippen MR) is 108 cm³/mol. The molecule has 1 aliphatic heterocycles. The van der Waals surface area contributed by atoms with Crippen LogP contribution < -0.4 is 5.32 Å². The quantitative estimate of drug-likeness (QED) is 0.729. The highest BCUT2D eigenvalue weighted by atomic mass is 32.1. The molecule has 134 valence electrons. The smallest absolute Gasteiger partial charge is 0.238 e. The van der Waals surface area contributed by atoms with Gasteiger partial charge in [0, 0.05) is 5.69 Å². The average Bonchev–Trinajstić information content (AvgIpc) is 3.24. The number of nitrogens with zero attached hydrogens (tertiary/aromatic N) is 2. The molecule has 3 aromatic rings. The van der Waals surface area contributed by atoms with Gasteiger partial charge in [-0.25, -0.2) is 4.98 Å². The van der Waals surface area contributed by atoms with Gasteiger partial charge in [-0.1, -0.05) is 24.3 Å². The molecule has 0 bridgehead atoms. The lowest BCUT2D eigenvalue weighted by Crippen LogP contribution is -2.33. The molecule has 26 heavy (non-hydrogen) atoms. The summed E-state index contributed by atoms with van der Waals surface area (Å²) in [6.45, 7) is 5.42. The molecule has 5 heteroatoms. The van der Waals surface area contributed by atoms with Gasteiger partial charge >= 0.3 is 0 Å². The van der Waals surface area contributed by atoms with Crippen LogP contribution in [-0.4, -0.2) is 28.9 Å². The van der Waals surface area contributed by atoms with Crippen LogP contribution in [0, 0.1) is 13.8 Å². The van der Waals surface area contributed by atoms with Crippen LogP contribution in [0.1, 0.15) is 35.0 Å². The molecule has 1 amide bonds. The summed E-state index contributed by atoms with van der Waals surface area (Å²) in [4.78, 5) is 19.7. The summed E-state index contributed by atoms with van der Waals surface area (Å²) in [6, 6.07) is 14.6. The molecule has 1 atom stereocenters. The van der Waals surface area contributed by atoms with Gasteiger partial charge < -0.3 is 5.32 Å². The fourth-order valence-electron chi connectivity index (χ4n) is 3.57. The van der Waals surface area contributed by atoms with E-state index in [0.717, 1.165) is 46.7 Å². The van der Waals surface area contributed by atoms with E-state index in [9.17, 15) is 4.79 Å². The van der Waals surface area contributed by atoms with Gasteiger partial charge in [-0.2, -0.15) is 0 Å². The number of carbonyl (C=O) groups is 1. The van der Waals surface area contributed by atoms with Crippen molar-refractivity contribution in [1.82, 2.24) is 9.88 Å². The summed E-state index contributed by atoms with van der Waals surface area (Å²) >= 11 is 1.75. The second-order valence-electron chi connectivity index (χ2n) is 7.01. The molecule has 1 aliphatic rings. The molecule has 2 heterocycles. The number of hydrogen-bond donors (Lipinski definition) is 1. The number of aromatic nitrogens is 1. The Bertz CT molecular complexity index is 916. The number of likely N-dealkylation sites (tertiary alicyclic amines) is 1. The molecule has 2 aromatic carbocycles. The number of nitrogens with one attached hydrogen (secondary N) is 1. The zero-order valence-electron chi connectivity index (χ0n) is 15.2. The van der Waals surface area contributed by atoms with Crippen LogP contribution in [-0.2, 0) is 4.79 Å². The van der Waals surface area contributed by atoms with Crippen molar-refractivity contribution in [3.8, 4) is 0 Å². The van der Waals surface area contributed by atoms with Crippen molar-refractivity contribution in [2.45, 2.75) is 32.7 Å². The first-order chi connectivity index (χ1) is 12.6. The van der Waals surface area contributed by atoms with Gasteiger partial charge in [0.15, 0.2) is 0 Å². The number of hydrogen-bond acceptors (Lipinski definition) is 4. The third kappa shape index (κ3) is 3.50. The minimum atomic E-state index is 0.0479. The highest BCUT2D eigenvalue weighted by molar-refractivity contribution is 7.18. The van der Waals surface area contributed by atoms with E-state index in [1.54, 1.807) is 11.3 Å². The number of rotatable bonds is 4. The fourth-order valence-corrected chi connectivity index (χ4v) is 4.71. The van der Waals surface area contributed by atoms with Crippen molar-refractivity contribution in [1.29, 1.82) is 0 Å². The topological polar surface area (TPSA) is 45.2 Å². The van der Waals surface area contributed by atoms with Crippen LogP contribution in [0.4, 0.5) is 5.69 Å². The van der Waals surface area contributed by atoms with Crippen LogP contribution in [0.15, 0.2) is 42.5 Å². The number of carbonyl (C=O) groups excluding carboxylic acids is 1. The first-order valence-corrected chi connectivity index (χ1v) is 9.88. The van der Waals surface area contributed by atoms with Crippen LogP contribution in [0.3, 0.4) is 0 Å². The van der Waals surface area contributed by atoms with E-state index in [0.29, 0.717) is 6.54 Å². The molecule has 1 aromatic heterocycles. The SMILES string of the molecule is Cc1ccc(C)c(NC(=O)CN2CCCC2c2nc3ccccc3s2)c1. The van der Waals surface area contributed by atoms with Crippen LogP contribution in [0.2, 0.25) is 0 Å². The van der Waals surface area contributed by atoms with E-state index in [4.69, 9.17) is 4.98 Å². The van der Waals surface area contributed by atoms with Crippen LogP contribution >= 0.6 is 11.3 Å². The Kier molecular flexibility index (Phi) is 4.74. The maximum Gasteiger partial charge on any atom is 0.238 e. The molecular weight excluding hydrogens is 342 g/mol. The highest BCUT2D eigenvalue weighted by Crippen LogP contribution is 2.36. The van der Waals surface area contributed by atoms with E-state index in [1.165, 1.54) is 4.70 Å². The molecular formula is C21H23N3OS. The second-order valence-corrected chi connectivity index (χ2v) is 8.08. The predicted octanol–water partition coefficient (Wildman–Crippen LogP) is 4.69. The molecule has 4 nitrogen and oxygen atoms in total. The third-order valence-corrected chi connectivity index (χ3v) is 6.11. The van der Waals surface area contributed by atoms with Crippen molar-refractivity contribution in [2.24, 2.45) is 0 Å². The van der Waals surface area contributed by atoms with Crippen molar-refractivity contribution < 1.29 is 4.79 Å². The molecule has 1 fully saturated rings. The molecule has 0 radical (unpaired) electrons. The largest absolute Gasteiger partial charge is 0.325 e. The standard InChI is InChI=1S/C21H23N3OS/c1-14-9-10-15(2)17(12-14)22-20(25)13-24-11-5-7-18(24)21-23-16-6-3-4-8-19(16)26-21/h3-4,6,8-10,12,18H,5,7,11,13H2,1-2H3,(H,22,25). The van der Waals surface area contributed by atoms with E-state index in [1.807, 2.05) is 38.1 Å². The Morgan fingerprint density at radius 2 is 2.12 bits per heavy atom. The van der Waals surface area contributed by atoms with Crippen molar-refractivity contribution in [3.05, 3.63) is 58.6 Å². The third-order valence-electron chi connectivity index (χ3n) is 4.97. The summed E-state index contributed by atoms with van der Waals surface area (Å²) in [5.41, 5.74) is 4.21. The van der Waals surface area contributed by atoms with Crippen LogP contribution in [0.5, 0.6) is 0 Å². The molecule has 4 rings (SSSR count). The molecule has 1 unspecified atom stereocenters. The Morgan fingerprint density at radius 1 is 1.27 bits per heavy atom. The number of benzene rings is 2. The first kappa shape index (κ1) is 17.2. The zero-order valence-corrected chi connectivity index (χ0v) is 16.0. The number of anilines is 1. The fraction of sp³-hybridized carbons (Fsp3) is 0.333. The Labute approximate surface area is 157 Å². The first-order valence-electron chi connectivity index (χ1n) is 9.07. The van der Waals surface area contributed by atoms with E-state index in [-0.39, 0.29) is 11.9 Å². The van der Waals surface area contributed by atoms with Gasteiger partial charge in [0.05, 0.1) is 22.8 Å². The van der Waals surface area contributed by atoms with Gasteiger partial charge in [-0.05, 0) is 62.6 Å². The summed E-state index contributed by atoms with van der Waals surface area (Å²) in [6.07, 6.45) is 2.17. The molecule has 0 saturated carbocycles. The van der Waals surface area contributed by atoms with Gasteiger partial charge in [-0.3, -0.25) is 9.69 Å². The normalized spacial score (nSPS) is 17.7. The molecule has 0 spiro atoms. The second kappa shape index (κ2) is 7.17. The van der Waals surface area contributed by atoms with E-state index >= 15 is 0 Å². The lowest BCUT2D eigenvalue weighted by Gasteiger charge is -2.22. The Hall–Kier alpha value is -2.24. The van der Waals surface area contributed by atoms with Gasteiger partial charge in [0.25, 0.3) is 0 Å². The van der Waals surface area contributed by atoms with Crippen molar-refractivity contribution in [3.63, 3.8) is 0 Å². The number of fused-ring (bicyclic) bond motifs is 1.